The van der Waals surface area contributed by atoms with E-state index in [-0.39, 0.29) is 11.9 Å². The Morgan fingerprint density at radius 1 is 1.43 bits per heavy atom. The molecule has 0 unspecified atom stereocenters. The van der Waals surface area contributed by atoms with Gasteiger partial charge < -0.3 is 9.64 Å². The van der Waals surface area contributed by atoms with Crippen molar-refractivity contribution in [1.29, 1.82) is 0 Å². The molecular formula is C10H17NO3. The molecule has 0 aliphatic heterocycles. The second-order valence-corrected chi connectivity index (χ2v) is 2.88. The first kappa shape index (κ1) is 12.7. The molecular weight excluding hydrogens is 182 g/mol. The van der Waals surface area contributed by atoms with Crippen molar-refractivity contribution >= 4 is 11.9 Å². The Labute approximate surface area is 84.5 Å². The zero-order valence-corrected chi connectivity index (χ0v) is 8.95. The van der Waals surface area contributed by atoms with Crippen LogP contribution in [0.3, 0.4) is 0 Å². The minimum Gasteiger partial charge on any atom is -0.463 e. The van der Waals surface area contributed by atoms with E-state index in [2.05, 4.69) is 0 Å². The number of esters is 1. The Kier molecular flexibility index (Phi) is 6.45. The van der Waals surface area contributed by atoms with E-state index < -0.39 is 0 Å². The van der Waals surface area contributed by atoms with Crippen molar-refractivity contribution in [1.82, 2.24) is 4.90 Å². The standard InChI is InChI=1S/C10H17NO3/c1-4-14-10(13)7-5-6-8-11(3)9(2)12/h5,7H,4,6,8H2,1-3H3/b7-5+. The first-order valence-electron chi connectivity index (χ1n) is 4.63. The molecule has 0 aromatic heterocycles. The van der Waals surface area contributed by atoms with Crippen molar-refractivity contribution in [3.05, 3.63) is 12.2 Å². The lowest BCUT2D eigenvalue weighted by Gasteiger charge is -2.12. The molecule has 0 heterocycles. The minimum absolute atomic E-state index is 0.0227. The first-order valence-corrected chi connectivity index (χ1v) is 4.63. The van der Waals surface area contributed by atoms with Gasteiger partial charge in [-0.25, -0.2) is 4.79 Å². The van der Waals surface area contributed by atoms with E-state index in [0.717, 1.165) is 0 Å². The lowest BCUT2D eigenvalue weighted by atomic mass is 10.3. The van der Waals surface area contributed by atoms with Crippen molar-refractivity contribution in [2.75, 3.05) is 20.2 Å². The zero-order valence-electron chi connectivity index (χ0n) is 8.95. The molecule has 0 saturated carbocycles. The monoisotopic (exact) mass is 199 g/mol. The molecule has 0 radical (unpaired) electrons. The third-order valence-corrected chi connectivity index (χ3v) is 1.71. The molecule has 80 valence electrons. The largest absolute Gasteiger partial charge is 0.463 e. The van der Waals surface area contributed by atoms with Crippen molar-refractivity contribution < 1.29 is 14.3 Å². The molecule has 0 aliphatic rings. The van der Waals surface area contributed by atoms with E-state index in [1.165, 1.54) is 13.0 Å². The molecule has 0 atom stereocenters. The van der Waals surface area contributed by atoms with Gasteiger partial charge in [0.2, 0.25) is 5.91 Å². The Balaban J connectivity index is 3.63. The summed E-state index contributed by atoms with van der Waals surface area (Å²) in [5.74, 6) is -0.312. The van der Waals surface area contributed by atoms with Crippen LogP contribution in [0.4, 0.5) is 0 Å². The number of amides is 1. The van der Waals surface area contributed by atoms with Gasteiger partial charge in [0.1, 0.15) is 0 Å². The SMILES string of the molecule is CCOC(=O)/C=C/CCN(C)C(C)=O. The highest BCUT2D eigenvalue weighted by molar-refractivity contribution is 5.81. The second kappa shape index (κ2) is 7.12. The molecule has 1 amide bonds. The maximum Gasteiger partial charge on any atom is 0.330 e. The van der Waals surface area contributed by atoms with E-state index in [1.54, 1.807) is 24.9 Å². The molecule has 0 spiro atoms. The fourth-order valence-corrected chi connectivity index (χ4v) is 0.796. The summed E-state index contributed by atoms with van der Waals surface area (Å²) in [6.45, 7) is 4.27. The number of rotatable bonds is 5. The summed E-state index contributed by atoms with van der Waals surface area (Å²) < 4.78 is 4.69. The van der Waals surface area contributed by atoms with Gasteiger partial charge in [-0.15, -0.1) is 0 Å². The second-order valence-electron chi connectivity index (χ2n) is 2.88. The number of ether oxygens (including phenoxy) is 1. The van der Waals surface area contributed by atoms with Gasteiger partial charge in [-0.3, -0.25) is 4.79 Å². The number of nitrogens with zero attached hydrogens (tertiary/aromatic N) is 1. The van der Waals surface area contributed by atoms with Crippen LogP contribution in [-0.4, -0.2) is 37.0 Å². The van der Waals surface area contributed by atoms with Crippen LogP contribution < -0.4 is 0 Å². The van der Waals surface area contributed by atoms with Crippen LogP contribution in [0.25, 0.3) is 0 Å². The summed E-state index contributed by atoms with van der Waals surface area (Å²) in [5.41, 5.74) is 0. The Morgan fingerprint density at radius 2 is 2.07 bits per heavy atom. The number of hydrogen-bond donors (Lipinski definition) is 0. The van der Waals surface area contributed by atoms with Gasteiger partial charge in [-0.1, -0.05) is 6.08 Å². The minimum atomic E-state index is -0.335. The Morgan fingerprint density at radius 3 is 2.57 bits per heavy atom. The average Bonchev–Trinajstić information content (AvgIpc) is 2.12. The molecule has 0 rings (SSSR count). The van der Waals surface area contributed by atoms with Crippen molar-refractivity contribution in [2.24, 2.45) is 0 Å². The number of carbonyl (C=O) groups excluding carboxylic acids is 2. The fraction of sp³-hybridized carbons (Fsp3) is 0.600. The Bertz CT molecular complexity index is 223. The summed E-state index contributed by atoms with van der Waals surface area (Å²) in [6, 6.07) is 0. The van der Waals surface area contributed by atoms with Gasteiger partial charge in [-0.05, 0) is 13.3 Å². The smallest absolute Gasteiger partial charge is 0.330 e. The van der Waals surface area contributed by atoms with Crippen LogP contribution in [0.5, 0.6) is 0 Å². The number of carbonyl (C=O) groups is 2. The van der Waals surface area contributed by atoms with Crippen LogP contribution in [0.2, 0.25) is 0 Å². The van der Waals surface area contributed by atoms with Crippen LogP contribution in [0.1, 0.15) is 20.3 Å². The van der Waals surface area contributed by atoms with Crippen molar-refractivity contribution in [3.63, 3.8) is 0 Å². The summed E-state index contributed by atoms with van der Waals surface area (Å²) in [6.07, 6.45) is 3.75. The predicted octanol–water partition coefficient (Wildman–Crippen LogP) is 0.974. The number of hydrogen-bond acceptors (Lipinski definition) is 3. The van der Waals surface area contributed by atoms with Crippen molar-refractivity contribution in [3.8, 4) is 0 Å². The molecule has 0 saturated heterocycles. The van der Waals surface area contributed by atoms with Gasteiger partial charge in [0, 0.05) is 26.6 Å². The van der Waals surface area contributed by atoms with Gasteiger partial charge in [0.25, 0.3) is 0 Å². The van der Waals surface area contributed by atoms with E-state index >= 15 is 0 Å². The Hall–Kier alpha value is -1.32. The third-order valence-electron chi connectivity index (χ3n) is 1.71. The molecule has 0 bridgehead atoms. The highest BCUT2D eigenvalue weighted by Gasteiger charge is 1.99. The summed E-state index contributed by atoms with van der Waals surface area (Å²) in [4.78, 5) is 23.2. The third kappa shape index (κ3) is 6.22. The van der Waals surface area contributed by atoms with Gasteiger partial charge in [0.05, 0.1) is 6.61 Å². The molecule has 0 aromatic carbocycles. The normalized spacial score (nSPS) is 10.2. The molecule has 0 aliphatic carbocycles. The molecule has 0 N–H and O–H groups in total. The van der Waals surface area contributed by atoms with Crippen LogP contribution in [-0.2, 0) is 14.3 Å². The maximum absolute atomic E-state index is 10.8. The summed E-state index contributed by atoms with van der Waals surface area (Å²) in [7, 11) is 1.72. The van der Waals surface area contributed by atoms with Gasteiger partial charge >= 0.3 is 5.97 Å². The molecule has 0 aromatic rings. The first-order chi connectivity index (χ1) is 6.57. The van der Waals surface area contributed by atoms with E-state index in [1.807, 2.05) is 0 Å². The highest BCUT2D eigenvalue weighted by Crippen LogP contribution is 1.91. The van der Waals surface area contributed by atoms with E-state index in [0.29, 0.717) is 19.6 Å². The van der Waals surface area contributed by atoms with Crippen molar-refractivity contribution in [2.45, 2.75) is 20.3 Å². The van der Waals surface area contributed by atoms with E-state index in [9.17, 15) is 9.59 Å². The molecule has 14 heavy (non-hydrogen) atoms. The fourth-order valence-electron chi connectivity index (χ4n) is 0.796. The maximum atomic E-state index is 10.8. The summed E-state index contributed by atoms with van der Waals surface area (Å²) in [5, 5.41) is 0. The van der Waals surface area contributed by atoms with Gasteiger partial charge in [0.15, 0.2) is 0 Å². The molecule has 4 heteroatoms. The molecule has 0 fully saturated rings. The van der Waals surface area contributed by atoms with Gasteiger partial charge in [-0.2, -0.15) is 0 Å². The topological polar surface area (TPSA) is 46.6 Å². The van der Waals surface area contributed by atoms with Crippen LogP contribution >= 0.6 is 0 Å². The molecule has 4 nitrogen and oxygen atoms in total. The lowest BCUT2D eigenvalue weighted by Crippen LogP contribution is -2.24. The highest BCUT2D eigenvalue weighted by atomic mass is 16.5. The summed E-state index contributed by atoms with van der Waals surface area (Å²) >= 11 is 0. The zero-order chi connectivity index (χ0) is 11.0. The quantitative estimate of drug-likeness (QED) is 0.489. The van der Waals surface area contributed by atoms with Crippen LogP contribution in [0, 0.1) is 0 Å². The van der Waals surface area contributed by atoms with Crippen LogP contribution in [0.15, 0.2) is 12.2 Å². The lowest BCUT2D eigenvalue weighted by molar-refractivity contribution is -0.137. The predicted molar refractivity (Wildman–Crippen MR) is 53.7 cm³/mol. The van der Waals surface area contributed by atoms with E-state index in [4.69, 9.17) is 4.74 Å². The average molecular weight is 199 g/mol.